The van der Waals surface area contributed by atoms with Gasteiger partial charge in [0.25, 0.3) is 0 Å². The van der Waals surface area contributed by atoms with E-state index < -0.39 is 0 Å². The van der Waals surface area contributed by atoms with Gasteiger partial charge in [0.1, 0.15) is 0 Å². The van der Waals surface area contributed by atoms with Crippen molar-refractivity contribution in [3.63, 3.8) is 0 Å². The third-order valence-electron chi connectivity index (χ3n) is 2.17. The molecule has 0 spiro atoms. The molecule has 90 valence electrons. The second-order valence-electron chi connectivity index (χ2n) is 4.63. The van der Waals surface area contributed by atoms with E-state index >= 15 is 0 Å². The molecule has 4 heteroatoms. The number of aliphatic hydroxyl groups excluding tert-OH is 1. The van der Waals surface area contributed by atoms with Gasteiger partial charge in [0.15, 0.2) is 0 Å². The van der Waals surface area contributed by atoms with E-state index in [-0.39, 0.29) is 18.1 Å². The van der Waals surface area contributed by atoms with Crippen LogP contribution in [0.5, 0.6) is 0 Å². The van der Waals surface area contributed by atoms with E-state index in [0.717, 1.165) is 0 Å². The maximum absolute atomic E-state index is 11.2. The van der Waals surface area contributed by atoms with Crippen LogP contribution in [0.3, 0.4) is 0 Å². The van der Waals surface area contributed by atoms with Gasteiger partial charge in [-0.25, -0.2) is 4.79 Å². The van der Waals surface area contributed by atoms with Crippen LogP contribution in [-0.2, 0) is 0 Å². The molecule has 15 heavy (non-hydrogen) atoms. The quantitative estimate of drug-likeness (QED) is 0.627. The molecule has 2 amide bonds. The minimum atomic E-state index is -0.338. The summed E-state index contributed by atoms with van der Waals surface area (Å²) in [6, 6.07) is -0.153. The zero-order valence-electron chi connectivity index (χ0n) is 10.2. The Morgan fingerprint density at radius 2 is 1.80 bits per heavy atom. The van der Waals surface area contributed by atoms with Crippen molar-refractivity contribution in [2.24, 2.45) is 11.8 Å². The van der Waals surface area contributed by atoms with E-state index in [4.69, 9.17) is 0 Å². The van der Waals surface area contributed by atoms with Crippen LogP contribution >= 0.6 is 0 Å². The third-order valence-corrected chi connectivity index (χ3v) is 2.17. The highest BCUT2D eigenvalue weighted by atomic mass is 16.3. The van der Waals surface area contributed by atoms with Gasteiger partial charge in [-0.2, -0.15) is 0 Å². The molecular formula is C11H24N2O2. The fourth-order valence-electron chi connectivity index (χ4n) is 1.03. The molecule has 0 aromatic carbocycles. The molecule has 1 unspecified atom stereocenters. The lowest BCUT2D eigenvalue weighted by molar-refractivity contribution is 0.116. The van der Waals surface area contributed by atoms with Gasteiger partial charge < -0.3 is 15.7 Å². The maximum atomic E-state index is 11.2. The van der Waals surface area contributed by atoms with Crippen LogP contribution in [0.4, 0.5) is 4.79 Å². The Morgan fingerprint density at radius 1 is 1.20 bits per heavy atom. The van der Waals surface area contributed by atoms with Gasteiger partial charge in [0.05, 0.1) is 6.10 Å². The van der Waals surface area contributed by atoms with Crippen molar-refractivity contribution < 1.29 is 9.90 Å². The van der Waals surface area contributed by atoms with Gasteiger partial charge in [0, 0.05) is 13.1 Å². The van der Waals surface area contributed by atoms with Crippen LogP contribution < -0.4 is 10.6 Å². The lowest BCUT2D eigenvalue weighted by Gasteiger charge is -2.15. The average Bonchev–Trinajstić information content (AvgIpc) is 2.14. The molecule has 0 bridgehead atoms. The van der Waals surface area contributed by atoms with Gasteiger partial charge in [-0.3, -0.25) is 0 Å². The van der Waals surface area contributed by atoms with Crippen molar-refractivity contribution in [3.8, 4) is 0 Å². The SMILES string of the molecule is CC(C)CNC(=O)NCCC(O)C(C)C. The summed E-state index contributed by atoms with van der Waals surface area (Å²) >= 11 is 0. The lowest BCUT2D eigenvalue weighted by atomic mass is 10.0. The fourth-order valence-corrected chi connectivity index (χ4v) is 1.03. The van der Waals surface area contributed by atoms with Crippen LogP contribution in [0.15, 0.2) is 0 Å². The van der Waals surface area contributed by atoms with E-state index in [1.54, 1.807) is 0 Å². The molecule has 0 rings (SSSR count). The van der Waals surface area contributed by atoms with Crippen LogP contribution in [0.1, 0.15) is 34.1 Å². The molecule has 0 fully saturated rings. The van der Waals surface area contributed by atoms with Crippen molar-refractivity contribution in [2.45, 2.75) is 40.2 Å². The van der Waals surface area contributed by atoms with E-state index in [2.05, 4.69) is 10.6 Å². The third kappa shape index (κ3) is 8.24. The summed E-state index contributed by atoms with van der Waals surface area (Å²) in [5, 5.41) is 15.0. The highest BCUT2D eigenvalue weighted by Crippen LogP contribution is 2.03. The van der Waals surface area contributed by atoms with E-state index in [0.29, 0.717) is 25.4 Å². The normalized spacial score (nSPS) is 13.0. The van der Waals surface area contributed by atoms with Crippen molar-refractivity contribution in [1.29, 1.82) is 0 Å². The summed E-state index contributed by atoms with van der Waals surface area (Å²) in [5.41, 5.74) is 0. The number of rotatable bonds is 6. The van der Waals surface area contributed by atoms with Crippen molar-refractivity contribution >= 4 is 6.03 Å². The number of amides is 2. The predicted octanol–water partition coefficient (Wildman–Crippen LogP) is 1.35. The smallest absolute Gasteiger partial charge is 0.314 e. The first-order chi connectivity index (χ1) is 6.93. The summed E-state index contributed by atoms with van der Waals surface area (Å²) < 4.78 is 0. The van der Waals surface area contributed by atoms with Gasteiger partial charge in [-0.15, -0.1) is 0 Å². The molecule has 0 radical (unpaired) electrons. The Bertz CT molecular complexity index is 181. The first-order valence-corrected chi connectivity index (χ1v) is 5.63. The van der Waals surface area contributed by atoms with Gasteiger partial charge >= 0.3 is 6.03 Å². The molecule has 3 N–H and O–H groups in total. The van der Waals surface area contributed by atoms with Gasteiger partial charge in [-0.05, 0) is 18.3 Å². The zero-order chi connectivity index (χ0) is 11.8. The molecule has 0 aromatic heterocycles. The molecular weight excluding hydrogens is 192 g/mol. The Morgan fingerprint density at radius 3 is 2.27 bits per heavy atom. The Hall–Kier alpha value is -0.770. The van der Waals surface area contributed by atoms with Crippen LogP contribution in [-0.4, -0.2) is 30.3 Å². The standard InChI is InChI=1S/C11H24N2O2/c1-8(2)7-13-11(15)12-6-5-10(14)9(3)4/h8-10,14H,5-7H2,1-4H3,(H2,12,13,15). The molecule has 0 saturated heterocycles. The molecule has 1 atom stereocenters. The first kappa shape index (κ1) is 14.2. The number of carbonyl (C=O) groups is 1. The topological polar surface area (TPSA) is 61.4 Å². The van der Waals surface area contributed by atoms with Crippen LogP contribution in [0, 0.1) is 11.8 Å². The molecule has 0 aliphatic rings. The van der Waals surface area contributed by atoms with Crippen LogP contribution in [0.25, 0.3) is 0 Å². The lowest BCUT2D eigenvalue weighted by Crippen LogP contribution is -2.39. The van der Waals surface area contributed by atoms with E-state index in [9.17, 15) is 9.90 Å². The Balaban J connectivity index is 3.47. The van der Waals surface area contributed by atoms with E-state index in [1.807, 2.05) is 27.7 Å². The molecule has 0 saturated carbocycles. The summed E-state index contributed by atoms with van der Waals surface area (Å²) in [5.74, 6) is 0.697. The maximum Gasteiger partial charge on any atom is 0.314 e. The number of urea groups is 1. The number of hydrogen-bond donors (Lipinski definition) is 3. The number of hydrogen-bond acceptors (Lipinski definition) is 2. The van der Waals surface area contributed by atoms with Crippen LogP contribution in [0.2, 0.25) is 0 Å². The second kappa shape index (κ2) is 7.51. The Labute approximate surface area is 92.4 Å². The van der Waals surface area contributed by atoms with Crippen molar-refractivity contribution in [3.05, 3.63) is 0 Å². The number of aliphatic hydroxyl groups is 1. The minimum Gasteiger partial charge on any atom is -0.393 e. The molecule has 0 aromatic rings. The first-order valence-electron chi connectivity index (χ1n) is 5.63. The number of carbonyl (C=O) groups excluding carboxylic acids is 1. The van der Waals surface area contributed by atoms with E-state index in [1.165, 1.54) is 0 Å². The minimum absolute atomic E-state index is 0.153. The summed E-state index contributed by atoms with van der Waals surface area (Å²) in [6.45, 7) is 9.21. The van der Waals surface area contributed by atoms with Crippen molar-refractivity contribution in [1.82, 2.24) is 10.6 Å². The average molecular weight is 216 g/mol. The van der Waals surface area contributed by atoms with Gasteiger partial charge in [-0.1, -0.05) is 27.7 Å². The summed E-state index contributed by atoms with van der Waals surface area (Å²) in [6.07, 6.45) is 0.266. The second-order valence-corrected chi connectivity index (χ2v) is 4.63. The molecule has 4 nitrogen and oxygen atoms in total. The highest BCUT2D eigenvalue weighted by molar-refractivity contribution is 5.73. The Kier molecular flexibility index (Phi) is 7.13. The van der Waals surface area contributed by atoms with Gasteiger partial charge in [0.2, 0.25) is 0 Å². The zero-order valence-corrected chi connectivity index (χ0v) is 10.2. The summed E-state index contributed by atoms with van der Waals surface area (Å²) in [4.78, 5) is 11.2. The molecule has 0 aliphatic heterocycles. The van der Waals surface area contributed by atoms with Crippen molar-refractivity contribution in [2.75, 3.05) is 13.1 Å². The summed E-state index contributed by atoms with van der Waals surface area (Å²) in [7, 11) is 0. The predicted molar refractivity (Wildman–Crippen MR) is 61.7 cm³/mol. The fraction of sp³-hybridized carbons (Fsp3) is 0.909. The molecule has 0 heterocycles. The molecule has 0 aliphatic carbocycles. The largest absolute Gasteiger partial charge is 0.393 e. The monoisotopic (exact) mass is 216 g/mol. The highest BCUT2D eigenvalue weighted by Gasteiger charge is 2.09. The number of nitrogens with one attached hydrogen (secondary N) is 2.